The molecule has 18 heavy (non-hydrogen) atoms. The highest BCUT2D eigenvalue weighted by atomic mass is 32.1. The topological polar surface area (TPSA) is 77.8 Å². The molecule has 1 aromatic rings. The summed E-state index contributed by atoms with van der Waals surface area (Å²) in [5.74, 6) is -1.58. The summed E-state index contributed by atoms with van der Waals surface area (Å²) in [7, 11) is 0. The van der Waals surface area contributed by atoms with Crippen molar-refractivity contribution in [1.29, 1.82) is 0 Å². The molecule has 1 aromatic heterocycles. The van der Waals surface area contributed by atoms with Crippen molar-refractivity contribution in [2.45, 2.75) is 18.9 Å². The first-order chi connectivity index (χ1) is 8.58. The minimum atomic E-state index is -0.988. The van der Waals surface area contributed by atoms with Gasteiger partial charge in [-0.15, -0.1) is 11.3 Å². The van der Waals surface area contributed by atoms with Crippen LogP contribution in [-0.4, -0.2) is 40.1 Å². The zero-order valence-corrected chi connectivity index (χ0v) is 10.6. The van der Waals surface area contributed by atoms with Crippen molar-refractivity contribution in [3.63, 3.8) is 0 Å². The number of carbonyl (C=O) groups is 2. The summed E-state index contributed by atoms with van der Waals surface area (Å²) in [6.45, 7) is -0.462. The first-order valence-electron chi connectivity index (χ1n) is 5.79. The Bertz CT molecular complexity index is 411. The molecular formula is C12H15NO4S. The van der Waals surface area contributed by atoms with Gasteiger partial charge in [0.25, 0.3) is 0 Å². The summed E-state index contributed by atoms with van der Waals surface area (Å²) in [6.07, 6.45) is 2.08. The van der Waals surface area contributed by atoms with Crippen LogP contribution in [0.15, 0.2) is 17.5 Å². The number of thiophene rings is 1. The number of aliphatic carboxylic acids is 2. The quantitative estimate of drug-likeness (QED) is 0.787. The van der Waals surface area contributed by atoms with Gasteiger partial charge in [-0.05, 0) is 30.2 Å². The first-order valence-corrected chi connectivity index (χ1v) is 6.67. The Morgan fingerprint density at radius 2 is 1.94 bits per heavy atom. The number of hydrogen-bond donors (Lipinski definition) is 2. The summed E-state index contributed by atoms with van der Waals surface area (Å²) in [5.41, 5.74) is 0. The first kappa shape index (κ1) is 13.0. The summed E-state index contributed by atoms with van der Waals surface area (Å²) in [4.78, 5) is 24.4. The standard InChI is InChI=1S/C12H15NO4S/c14-10(15)6-13(7-11(16)17)12(8-3-4-8)9-2-1-5-18-9/h1-2,5,8,12H,3-4,6-7H2,(H,14,15)(H,16,17). The molecule has 5 nitrogen and oxygen atoms in total. The average molecular weight is 269 g/mol. The SMILES string of the molecule is O=C(O)CN(CC(=O)O)C(c1cccs1)C1CC1. The Morgan fingerprint density at radius 1 is 1.33 bits per heavy atom. The third-order valence-corrected chi connectivity index (χ3v) is 3.92. The molecule has 0 aliphatic heterocycles. The van der Waals surface area contributed by atoms with Crippen molar-refractivity contribution in [3.8, 4) is 0 Å². The van der Waals surface area contributed by atoms with E-state index in [2.05, 4.69) is 0 Å². The van der Waals surface area contributed by atoms with E-state index in [0.717, 1.165) is 17.7 Å². The van der Waals surface area contributed by atoms with E-state index in [9.17, 15) is 9.59 Å². The monoisotopic (exact) mass is 269 g/mol. The molecule has 6 heteroatoms. The van der Waals surface area contributed by atoms with E-state index < -0.39 is 11.9 Å². The lowest BCUT2D eigenvalue weighted by Crippen LogP contribution is -2.38. The van der Waals surface area contributed by atoms with E-state index in [-0.39, 0.29) is 19.1 Å². The van der Waals surface area contributed by atoms with E-state index in [1.54, 1.807) is 16.2 Å². The van der Waals surface area contributed by atoms with Gasteiger partial charge in [0.15, 0.2) is 0 Å². The lowest BCUT2D eigenvalue weighted by molar-refractivity contribution is -0.143. The van der Waals surface area contributed by atoms with Crippen LogP contribution < -0.4 is 0 Å². The van der Waals surface area contributed by atoms with Crippen LogP contribution in [0.4, 0.5) is 0 Å². The number of nitrogens with zero attached hydrogens (tertiary/aromatic N) is 1. The Labute approximate surface area is 109 Å². The van der Waals surface area contributed by atoms with Gasteiger partial charge in [-0.25, -0.2) is 0 Å². The van der Waals surface area contributed by atoms with Crippen LogP contribution >= 0.6 is 11.3 Å². The highest BCUT2D eigenvalue weighted by molar-refractivity contribution is 7.10. The molecule has 1 aliphatic carbocycles. The minimum absolute atomic E-state index is 0.0720. The molecule has 0 radical (unpaired) electrons. The number of rotatable bonds is 7. The largest absolute Gasteiger partial charge is 0.480 e. The molecule has 2 N–H and O–H groups in total. The Hall–Kier alpha value is -1.40. The fraction of sp³-hybridized carbons (Fsp3) is 0.500. The van der Waals surface area contributed by atoms with Crippen LogP contribution in [0.5, 0.6) is 0 Å². The van der Waals surface area contributed by atoms with Gasteiger partial charge in [-0.3, -0.25) is 14.5 Å². The third kappa shape index (κ3) is 3.30. The molecule has 0 amide bonds. The molecule has 0 aromatic carbocycles. The number of hydrogen-bond acceptors (Lipinski definition) is 4. The highest BCUT2D eigenvalue weighted by Crippen LogP contribution is 2.45. The van der Waals surface area contributed by atoms with E-state index in [1.807, 2.05) is 17.5 Å². The molecule has 1 fully saturated rings. The van der Waals surface area contributed by atoms with Crippen molar-refractivity contribution < 1.29 is 19.8 Å². The summed E-state index contributed by atoms with van der Waals surface area (Å²) in [5, 5.41) is 19.8. The van der Waals surface area contributed by atoms with Crippen LogP contribution in [0.2, 0.25) is 0 Å². The molecule has 1 atom stereocenters. The smallest absolute Gasteiger partial charge is 0.317 e. The third-order valence-electron chi connectivity index (χ3n) is 2.97. The van der Waals surface area contributed by atoms with Gasteiger partial charge in [0.1, 0.15) is 0 Å². The molecule has 0 spiro atoms. The lowest BCUT2D eigenvalue weighted by atomic mass is 10.1. The van der Waals surface area contributed by atoms with E-state index in [4.69, 9.17) is 10.2 Å². The minimum Gasteiger partial charge on any atom is -0.480 e. The second-order valence-electron chi connectivity index (χ2n) is 4.49. The van der Waals surface area contributed by atoms with Gasteiger partial charge in [0.05, 0.1) is 13.1 Å². The van der Waals surface area contributed by atoms with Crippen LogP contribution in [0.1, 0.15) is 23.8 Å². The Kier molecular flexibility index (Phi) is 3.98. The fourth-order valence-electron chi connectivity index (χ4n) is 2.18. The average Bonchev–Trinajstić information content (AvgIpc) is 2.92. The van der Waals surface area contributed by atoms with Gasteiger partial charge in [0, 0.05) is 10.9 Å². The summed E-state index contributed by atoms with van der Waals surface area (Å²) in [6, 6.07) is 3.79. The predicted molar refractivity (Wildman–Crippen MR) is 66.6 cm³/mol. The molecule has 98 valence electrons. The summed E-state index contributed by atoms with van der Waals surface area (Å²) < 4.78 is 0. The molecular weight excluding hydrogens is 254 g/mol. The van der Waals surface area contributed by atoms with E-state index in [1.165, 1.54) is 0 Å². The van der Waals surface area contributed by atoms with Gasteiger partial charge in [-0.2, -0.15) is 0 Å². The van der Waals surface area contributed by atoms with Crippen molar-refractivity contribution in [2.24, 2.45) is 5.92 Å². The molecule has 1 saturated carbocycles. The predicted octanol–water partition coefficient (Wildman–Crippen LogP) is 1.67. The Balaban J connectivity index is 2.18. The fourth-order valence-corrected chi connectivity index (χ4v) is 3.13. The second kappa shape index (κ2) is 5.49. The molecule has 1 unspecified atom stereocenters. The van der Waals surface area contributed by atoms with Crippen LogP contribution in [-0.2, 0) is 9.59 Å². The van der Waals surface area contributed by atoms with Gasteiger partial charge in [-0.1, -0.05) is 6.07 Å². The zero-order valence-electron chi connectivity index (χ0n) is 9.78. The maximum Gasteiger partial charge on any atom is 0.317 e. The molecule has 0 saturated heterocycles. The normalized spacial score (nSPS) is 16.7. The summed E-state index contributed by atoms with van der Waals surface area (Å²) >= 11 is 1.55. The van der Waals surface area contributed by atoms with E-state index >= 15 is 0 Å². The molecule has 1 aliphatic rings. The van der Waals surface area contributed by atoms with Crippen LogP contribution in [0.3, 0.4) is 0 Å². The van der Waals surface area contributed by atoms with Crippen molar-refractivity contribution >= 4 is 23.3 Å². The van der Waals surface area contributed by atoms with Crippen LogP contribution in [0, 0.1) is 5.92 Å². The highest BCUT2D eigenvalue weighted by Gasteiger charge is 2.38. The maximum absolute atomic E-state index is 10.9. The van der Waals surface area contributed by atoms with Crippen molar-refractivity contribution in [2.75, 3.05) is 13.1 Å². The maximum atomic E-state index is 10.9. The zero-order chi connectivity index (χ0) is 13.1. The molecule has 1 heterocycles. The van der Waals surface area contributed by atoms with Crippen molar-refractivity contribution in [1.82, 2.24) is 4.90 Å². The number of carboxylic acid groups (broad SMARTS) is 2. The van der Waals surface area contributed by atoms with Crippen molar-refractivity contribution in [3.05, 3.63) is 22.4 Å². The lowest BCUT2D eigenvalue weighted by Gasteiger charge is -2.28. The van der Waals surface area contributed by atoms with Crippen LogP contribution in [0.25, 0.3) is 0 Å². The van der Waals surface area contributed by atoms with E-state index in [0.29, 0.717) is 5.92 Å². The van der Waals surface area contributed by atoms with Gasteiger partial charge >= 0.3 is 11.9 Å². The van der Waals surface area contributed by atoms with Gasteiger partial charge in [0.2, 0.25) is 0 Å². The Morgan fingerprint density at radius 3 is 2.33 bits per heavy atom. The van der Waals surface area contributed by atoms with Gasteiger partial charge < -0.3 is 10.2 Å². The molecule has 0 bridgehead atoms. The molecule has 2 rings (SSSR count). The number of carboxylic acids is 2. The second-order valence-corrected chi connectivity index (χ2v) is 5.47.